The minimum atomic E-state index is -0.0638. The lowest BCUT2D eigenvalue weighted by atomic mass is 9.80. The van der Waals surface area contributed by atoms with Gasteiger partial charge in [0.05, 0.1) is 0 Å². The van der Waals surface area contributed by atoms with E-state index in [0.717, 1.165) is 0 Å². The highest BCUT2D eigenvalue weighted by Crippen LogP contribution is 2.52. The van der Waals surface area contributed by atoms with Crippen LogP contribution in [0.4, 0.5) is 0 Å². The molecule has 0 radical (unpaired) electrons. The highest BCUT2D eigenvalue weighted by molar-refractivity contribution is 6.22. The summed E-state index contributed by atoms with van der Waals surface area (Å²) in [6.07, 6.45) is 0. The minimum absolute atomic E-state index is 0.0433. The molecule has 0 nitrogen and oxygen atoms in total. The molecule has 0 N–H and O–H groups in total. The third-order valence-corrected chi connectivity index (χ3v) is 11.9. The van der Waals surface area contributed by atoms with Crippen LogP contribution in [0.2, 0.25) is 0 Å². The maximum absolute atomic E-state index is 2.48. The van der Waals surface area contributed by atoms with Gasteiger partial charge in [0, 0.05) is 10.8 Å². The Kier molecular flexibility index (Phi) is 6.07. The quantitative estimate of drug-likeness (QED) is 0.169. The normalized spacial score (nSPS) is 14.7. The van der Waals surface area contributed by atoms with Crippen molar-refractivity contribution in [3.63, 3.8) is 0 Å². The zero-order valence-corrected chi connectivity index (χ0v) is 29.0. The molecule has 0 amide bonds. The number of hydrogen-bond donors (Lipinski definition) is 0. The molecule has 0 saturated heterocycles. The molecular formula is C50H38. The molecule has 0 spiro atoms. The van der Waals surface area contributed by atoms with Crippen LogP contribution >= 0.6 is 0 Å². The van der Waals surface area contributed by atoms with Gasteiger partial charge < -0.3 is 0 Å². The lowest BCUT2D eigenvalue weighted by Crippen LogP contribution is -2.14. The van der Waals surface area contributed by atoms with Crippen molar-refractivity contribution < 1.29 is 0 Å². The van der Waals surface area contributed by atoms with Gasteiger partial charge in [-0.05, 0) is 118 Å². The SMILES string of the molecule is CC1(C)c2ccccc2-c2ccc(-c3ccc4c(-c5ccc6c(c5)C(C)(C)c5ccccc5-6)c5ccccc5c(-c5ccccc5)c4c3)cc21. The molecule has 238 valence electrons. The van der Waals surface area contributed by atoms with Crippen LogP contribution < -0.4 is 0 Å². The average molecular weight is 639 g/mol. The van der Waals surface area contributed by atoms with E-state index in [9.17, 15) is 0 Å². The van der Waals surface area contributed by atoms with Crippen molar-refractivity contribution in [3.8, 4) is 55.6 Å². The van der Waals surface area contributed by atoms with Gasteiger partial charge in [0.1, 0.15) is 0 Å². The summed E-state index contributed by atoms with van der Waals surface area (Å²) in [6, 6.07) is 59.3. The van der Waals surface area contributed by atoms with E-state index in [1.54, 1.807) is 0 Å². The van der Waals surface area contributed by atoms with E-state index in [4.69, 9.17) is 0 Å². The van der Waals surface area contributed by atoms with Crippen LogP contribution in [-0.2, 0) is 10.8 Å². The fourth-order valence-electron chi connectivity index (χ4n) is 9.33. The summed E-state index contributed by atoms with van der Waals surface area (Å²) in [5.74, 6) is 0. The fourth-order valence-corrected chi connectivity index (χ4v) is 9.33. The van der Waals surface area contributed by atoms with Crippen molar-refractivity contribution in [2.75, 3.05) is 0 Å². The summed E-state index contributed by atoms with van der Waals surface area (Å²) in [4.78, 5) is 0. The van der Waals surface area contributed by atoms with E-state index in [0.29, 0.717) is 0 Å². The molecule has 10 rings (SSSR count). The number of hydrogen-bond acceptors (Lipinski definition) is 0. The molecule has 0 unspecified atom stereocenters. The van der Waals surface area contributed by atoms with Gasteiger partial charge in [-0.3, -0.25) is 0 Å². The molecule has 50 heavy (non-hydrogen) atoms. The highest BCUT2D eigenvalue weighted by atomic mass is 14.4. The van der Waals surface area contributed by atoms with E-state index >= 15 is 0 Å². The number of fused-ring (bicyclic) bond motifs is 8. The Labute approximate surface area is 294 Å². The molecular weight excluding hydrogens is 601 g/mol. The number of rotatable bonds is 3. The molecule has 0 heteroatoms. The molecule has 2 aliphatic rings. The first-order valence-electron chi connectivity index (χ1n) is 17.9. The fraction of sp³-hybridized carbons (Fsp3) is 0.120. The molecule has 0 aliphatic heterocycles. The lowest BCUT2D eigenvalue weighted by molar-refractivity contribution is 0.660. The maximum atomic E-state index is 2.48. The molecule has 0 heterocycles. The molecule has 0 fully saturated rings. The van der Waals surface area contributed by atoms with E-state index in [1.807, 2.05) is 0 Å². The average Bonchev–Trinajstić information content (AvgIpc) is 3.53. The third-order valence-electron chi connectivity index (χ3n) is 11.9. The van der Waals surface area contributed by atoms with Crippen LogP contribution in [0.5, 0.6) is 0 Å². The van der Waals surface area contributed by atoms with Gasteiger partial charge in [0.2, 0.25) is 0 Å². The lowest BCUT2D eigenvalue weighted by Gasteiger charge is -2.23. The zero-order valence-electron chi connectivity index (χ0n) is 29.0. The first-order valence-corrected chi connectivity index (χ1v) is 17.9. The summed E-state index contributed by atoms with van der Waals surface area (Å²) in [6.45, 7) is 9.48. The second-order valence-electron chi connectivity index (χ2n) is 15.3. The Morgan fingerprint density at radius 1 is 0.280 bits per heavy atom. The molecule has 0 aromatic heterocycles. The Bertz CT molecular complexity index is 2690. The smallest absolute Gasteiger partial charge is 0.0159 e. The Morgan fingerprint density at radius 2 is 0.700 bits per heavy atom. The minimum Gasteiger partial charge on any atom is -0.0622 e. The van der Waals surface area contributed by atoms with E-state index < -0.39 is 0 Å². The second kappa shape index (κ2) is 10.4. The van der Waals surface area contributed by atoms with E-state index in [-0.39, 0.29) is 10.8 Å². The summed E-state index contributed by atoms with van der Waals surface area (Å²) in [5.41, 5.74) is 18.6. The zero-order chi connectivity index (χ0) is 33.8. The molecule has 8 aromatic carbocycles. The van der Waals surface area contributed by atoms with Crippen LogP contribution in [0.25, 0.3) is 77.2 Å². The first kappa shape index (κ1) is 29.2. The van der Waals surface area contributed by atoms with Gasteiger partial charge in [0.15, 0.2) is 0 Å². The molecule has 2 aliphatic carbocycles. The summed E-state index contributed by atoms with van der Waals surface area (Å²) >= 11 is 0. The van der Waals surface area contributed by atoms with Crippen molar-refractivity contribution in [3.05, 3.63) is 180 Å². The van der Waals surface area contributed by atoms with Crippen molar-refractivity contribution in [2.45, 2.75) is 38.5 Å². The van der Waals surface area contributed by atoms with Crippen LogP contribution in [0.15, 0.2) is 158 Å². The van der Waals surface area contributed by atoms with Crippen molar-refractivity contribution >= 4 is 21.5 Å². The van der Waals surface area contributed by atoms with Crippen LogP contribution in [-0.4, -0.2) is 0 Å². The van der Waals surface area contributed by atoms with Gasteiger partial charge in [-0.25, -0.2) is 0 Å². The monoisotopic (exact) mass is 638 g/mol. The topological polar surface area (TPSA) is 0 Å². The summed E-state index contributed by atoms with van der Waals surface area (Å²) in [7, 11) is 0. The Morgan fingerprint density at radius 3 is 1.32 bits per heavy atom. The van der Waals surface area contributed by atoms with Gasteiger partial charge >= 0.3 is 0 Å². The largest absolute Gasteiger partial charge is 0.0622 e. The van der Waals surface area contributed by atoms with E-state index in [1.165, 1.54) is 99.4 Å². The molecule has 0 bridgehead atoms. The summed E-state index contributed by atoms with van der Waals surface area (Å²) in [5, 5.41) is 5.14. The van der Waals surface area contributed by atoms with Gasteiger partial charge in [0.25, 0.3) is 0 Å². The third kappa shape index (κ3) is 4.00. The molecule has 8 aromatic rings. The van der Waals surface area contributed by atoms with Crippen molar-refractivity contribution in [1.82, 2.24) is 0 Å². The van der Waals surface area contributed by atoms with Gasteiger partial charge in [-0.1, -0.05) is 167 Å². The van der Waals surface area contributed by atoms with Gasteiger partial charge in [-0.2, -0.15) is 0 Å². The van der Waals surface area contributed by atoms with Crippen LogP contribution in [0.1, 0.15) is 49.9 Å². The predicted octanol–water partition coefficient (Wildman–Crippen LogP) is 13.6. The second-order valence-corrected chi connectivity index (χ2v) is 15.3. The van der Waals surface area contributed by atoms with Crippen LogP contribution in [0, 0.1) is 0 Å². The van der Waals surface area contributed by atoms with Crippen molar-refractivity contribution in [1.29, 1.82) is 0 Å². The highest BCUT2D eigenvalue weighted by Gasteiger charge is 2.36. The Hall–Kier alpha value is -5.72. The maximum Gasteiger partial charge on any atom is 0.0159 e. The van der Waals surface area contributed by atoms with Crippen molar-refractivity contribution in [2.24, 2.45) is 0 Å². The molecule has 0 saturated carbocycles. The van der Waals surface area contributed by atoms with Crippen LogP contribution in [0.3, 0.4) is 0 Å². The summed E-state index contributed by atoms with van der Waals surface area (Å²) < 4.78 is 0. The Balaban J connectivity index is 1.24. The number of benzene rings is 8. The van der Waals surface area contributed by atoms with Gasteiger partial charge in [-0.15, -0.1) is 0 Å². The standard InChI is InChI=1S/C50H38/c1-49(2)43-20-12-10-16-35(43)37-25-22-33(29-45(37)49)32-23-27-41-42(28-32)47(31-14-6-5-7-15-31)39-18-8-9-19-40(39)48(41)34-24-26-38-36-17-11-13-21-44(36)50(3,4)46(38)30-34/h5-30H,1-4H3. The predicted molar refractivity (Wildman–Crippen MR) is 213 cm³/mol. The molecule has 0 atom stereocenters. The van der Waals surface area contributed by atoms with E-state index in [2.05, 4.69) is 185 Å². The first-order chi connectivity index (χ1) is 24.3.